The Morgan fingerprint density at radius 1 is 1.24 bits per heavy atom. The SMILES string of the molecule is O=C1c2c(cccc2[N+](=O)[O-])CN1Cc1cccc(I)c1. The van der Waals surface area contributed by atoms with Crippen LogP contribution in [-0.4, -0.2) is 15.7 Å². The van der Waals surface area contributed by atoms with E-state index >= 15 is 0 Å². The van der Waals surface area contributed by atoms with Crippen molar-refractivity contribution in [2.45, 2.75) is 13.1 Å². The topological polar surface area (TPSA) is 63.4 Å². The first-order valence-electron chi connectivity index (χ1n) is 6.36. The Morgan fingerprint density at radius 3 is 2.71 bits per heavy atom. The fourth-order valence-corrected chi connectivity index (χ4v) is 3.14. The highest BCUT2D eigenvalue weighted by atomic mass is 127. The van der Waals surface area contributed by atoms with Gasteiger partial charge in [0.25, 0.3) is 11.6 Å². The third-order valence-corrected chi connectivity index (χ3v) is 4.12. The van der Waals surface area contributed by atoms with Crippen LogP contribution in [0.25, 0.3) is 0 Å². The summed E-state index contributed by atoms with van der Waals surface area (Å²) in [6, 6.07) is 12.7. The zero-order valence-corrected chi connectivity index (χ0v) is 13.1. The van der Waals surface area contributed by atoms with Gasteiger partial charge in [-0.15, -0.1) is 0 Å². The third-order valence-electron chi connectivity index (χ3n) is 3.45. The molecule has 0 N–H and O–H groups in total. The van der Waals surface area contributed by atoms with E-state index in [0.717, 1.165) is 14.7 Å². The molecule has 3 rings (SSSR count). The van der Waals surface area contributed by atoms with Crippen molar-refractivity contribution in [1.82, 2.24) is 4.90 Å². The molecule has 0 saturated heterocycles. The molecule has 1 aliphatic heterocycles. The summed E-state index contributed by atoms with van der Waals surface area (Å²) in [6.07, 6.45) is 0. The molecule has 1 amide bonds. The molecule has 5 nitrogen and oxygen atoms in total. The van der Waals surface area contributed by atoms with Crippen molar-refractivity contribution in [3.8, 4) is 0 Å². The number of benzene rings is 2. The lowest BCUT2D eigenvalue weighted by Gasteiger charge is -2.15. The van der Waals surface area contributed by atoms with E-state index in [2.05, 4.69) is 22.6 Å². The highest BCUT2D eigenvalue weighted by molar-refractivity contribution is 14.1. The Balaban J connectivity index is 1.91. The predicted molar refractivity (Wildman–Crippen MR) is 85.8 cm³/mol. The smallest absolute Gasteiger partial charge is 0.282 e. The van der Waals surface area contributed by atoms with E-state index in [9.17, 15) is 14.9 Å². The standard InChI is InChI=1S/C15H11IN2O3/c16-12-5-1-3-10(7-12)8-17-9-11-4-2-6-13(18(20)21)14(11)15(17)19/h1-7H,8-9H2. The summed E-state index contributed by atoms with van der Waals surface area (Å²) in [5.41, 5.74) is 1.86. The molecule has 0 aliphatic carbocycles. The highest BCUT2D eigenvalue weighted by Crippen LogP contribution is 2.31. The van der Waals surface area contributed by atoms with Crippen LogP contribution in [0, 0.1) is 13.7 Å². The van der Waals surface area contributed by atoms with Gasteiger partial charge < -0.3 is 4.90 Å². The first-order chi connectivity index (χ1) is 10.1. The summed E-state index contributed by atoms with van der Waals surface area (Å²) in [7, 11) is 0. The predicted octanol–water partition coefficient (Wildman–Crippen LogP) is 3.36. The number of fused-ring (bicyclic) bond motifs is 1. The summed E-state index contributed by atoms with van der Waals surface area (Å²) in [5.74, 6) is -0.267. The summed E-state index contributed by atoms with van der Waals surface area (Å²) in [5, 5.41) is 11.0. The van der Waals surface area contributed by atoms with Crippen LogP contribution >= 0.6 is 22.6 Å². The van der Waals surface area contributed by atoms with Crippen LogP contribution in [0.2, 0.25) is 0 Å². The quantitative estimate of drug-likeness (QED) is 0.456. The molecule has 2 aromatic rings. The molecule has 0 saturated carbocycles. The average molecular weight is 394 g/mol. The molecule has 2 aromatic carbocycles. The third kappa shape index (κ3) is 2.63. The summed E-state index contributed by atoms with van der Waals surface area (Å²) in [6.45, 7) is 0.878. The number of carbonyl (C=O) groups excluding carboxylic acids is 1. The van der Waals surface area contributed by atoms with Gasteiger partial charge in [-0.05, 0) is 45.9 Å². The van der Waals surface area contributed by atoms with Crippen LogP contribution in [0.15, 0.2) is 42.5 Å². The van der Waals surface area contributed by atoms with Crippen molar-refractivity contribution in [2.75, 3.05) is 0 Å². The Labute approximate surface area is 134 Å². The van der Waals surface area contributed by atoms with Gasteiger partial charge in [-0.1, -0.05) is 24.3 Å². The maximum Gasteiger partial charge on any atom is 0.282 e. The number of carbonyl (C=O) groups is 1. The second-order valence-corrected chi connectivity index (χ2v) is 6.11. The summed E-state index contributed by atoms with van der Waals surface area (Å²) < 4.78 is 1.10. The van der Waals surface area contributed by atoms with E-state index in [1.165, 1.54) is 6.07 Å². The minimum absolute atomic E-state index is 0.109. The molecule has 0 spiro atoms. The second kappa shape index (κ2) is 5.44. The average Bonchev–Trinajstić information content (AvgIpc) is 2.75. The Hall–Kier alpha value is -1.96. The van der Waals surface area contributed by atoms with E-state index < -0.39 is 4.92 Å². The fourth-order valence-electron chi connectivity index (χ4n) is 2.54. The molecule has 0 atom stereocenters. The van der Waals surface area contributed by atoms with Crippen LogP contribution in [0.1, 0.15) is 21.5 Å². The Bertz CT molecular complexity index is 745. The van der Waals surface area contributed by atoms with Crippen LogP contribution < -0.4 is 0 Å². The maximum atomic E-state index is 12.4. The first-order valence-corrected chi connectivity index (χ1v) is 7.44. The monoisotopic (exact) mass is 394 g/mol. The van der Waals surface area contributed by atoms with Gasteiger partial charge in [0.1, 0.15) is 5.56 Å². The molecular weight excluding hydrogens is 383 g/mol. The number of hydrogen-bond donors (Lipinski definition) is 0. The van der Waals surface area contributed by atoms with Gasteiger partial charge in [-0.25, -0.2) is 0 Å². The number of nitro groups is 1. The van der Waals surface area contributed by atoms with E-state index in [1.807, 2.05) is 24.3 Å². The van der Waals surface area contributed by atoms with Crippen LogP contribution in [0.3, 0.4) is 0 Å². The van der Waals surface area contributed by atoms with Gasteiger partial charge in [0.05, 0.1) is 4.92 Å². The van der Waals surface area contributed by atoms with E-state index in [0.29, 0.717) is 13.1 Å². The largest absolute Gasteiger partial charge is 0.330 e. The normalized spacial score (nSPS) is 13.4. The minimum Gasteiger partial charge on any atom is -0.330 e. The molecule has 0 aromatic heterocycles. The zero-order valence-electron chi connectivity index (χ0n) is 11.0. The maximum absolute atomic E-state index is 12.4. The molecule has 106 valence electrons. The lowest BCUT2D eigenvalue weighted by Crippen LogP contribution is -2.23. The Kier molecular flexibility index (Phi) is 3.62. The van der Waals surface area contributed by atoms with Crippen molar-refractivity contribution in [1.29, 1.82) is 0 Å². The molecule has 1 heterocycles. The van der Waals surface area contributed by atoms with Crippen LogP contribution in [0.5, 0.6) is 0 Å². The number of hydrogen-bond acceptors (Lipinski definition) is 3. The van der Waals surface area contributed by atoms with Crippen molar-refractivity contribution in [3.63, 3.8) is 0 Å². The van der Waals surface area contributed by atoms with Crippen LogP contribution in [-0.2, 0) is 13.1 Å². The molecule has 6 heteroatoms. The number of nitrogens with zero attached hydrogens (tertiary/aromatic N) is 2. The number of nitro benzene ring substituents is 1. The van der Waals surface area contributed by atoms with Gasteiger partial charge in [-0.3, -0.25) is 14.9 Å². The summed E-state index contributed by atoms with van der Waals surface area (Å²) >= 11 is 2.22. The van der Waals surface area contributed by atoms with Crippen LogP contribution in [0.4, 0.5) is 5.69 Å². The van der Waals surface area contributed by atoms with E-state index in [4.69, 9.17) is 0 Å². The highest BCUT2D eigenvalue weighted by Gasteiger charge is 2.34. The van der Waals surface area contributed by atoms with Crippen molar-refractivity contribution < 1.29 is 9.72 Å². The molecule has 0 unspecified atom stereocenters. The molecule has 1 aliphatic rings. The lowest BCUT2D eigenvalue weighted by molar-refractivity contribution is -0.385. The minimum atomic E-state index is -0.494. The lowest BCUT2D eigenvalue weighted by atomic mass is 10.1. The molecule has 0 fully saturated rings. The second-order valence-electron chi connectivity index (χ2n) is 4.86. The number of amides is 1. The zero-order chi connectivity index (χ0) is 15.0. The first kappa shape index (κ1) is 14.0. The van der Waals surface area contributed by atoms with Crippen molar-refractivity contribution in [3.05, 3.63) is 72.8 Å². The summed E-state index contributed by atoms with van der Waals surface area (Å²) in [4.78, 5) is 24.6. The van der Waals surface area contributed by atoms with Crippen molar-refractivity contribution in [2.24, 2.45) is 0 Å². The van der Waals surface area contributed by atoms with Gasteiger partial charge in [0.2, 0.25) is 0 Å². The fraction of sp³-hybridized carbons (Fsp3) is 0.133. The van der Waals surface area contributed by atoms with E-state index in [1.54, 1.807) is 17.0 Å². The molecule has 21 heavy (non-hydrogen) atoms. The Morgan fingerprint density at radius 2 is 2.00 bits per heavy atom. The van der Waals surface area contributed by atoms with Gasteiger partial charge >= 0.3 is 0 Å². The number of rotatable bonds is 3. The number of halogens is 1. The molecular formula is C15H11IN2O3. The molecule has 0 radical (unpaired) electrons. The van der Waals surface area contributed by atoms with Gasteiger partial charge in [-0.2, -0.15) is 0 Å². The van der Waals surface area contributed by atoms with Gasteiger partial charge in [0.15, 0.2) is 0 Å². The van der Waals surface area contributed by atoms with Gasteiger partial charge in [0, 0.05) is 22.7 Å². The van der Waals surface area contributed by atoms with Crippen molar-refractivity contribution >= 4 is 34.2 Å². The molecule has 0 bridgehead atoms. The van der Waals surface area contributed by atoms with E-state index in [-0.39, 0.29) is 17.2 Å².